The first-order valence-electron chi connectivity index (χ1n) is 13.5. The van der Waals surface area contributed by atoms with E-state index in [0.29, 0.717) is 6.61 Å². The van der Waals surface area contributed by atoms with E-state index in [4.69, 9.17) is 9.47 Å². The second-order valence-electron chi connectivity index (χ2n) is 11.0. The standard InChI is InChI=1S/C35H32NO2/c1-23-28-20-19-25-12-8-10-16-30(25)33(28)32-27(18-17-24-11-7-9-15-29(24)32)21-36(23)31-22-37-35(2,3)38-34(31)26-13-5-4-6-14-26/h4-21,23,31,34H,22H2,1-3H3/q+1/t23-,31+,34+/m1/s1. The lowest BCUT2D eigenvalue weighted by Crippen LogP contribution is -2.49. The minimum Gasteiger partial charge on any atom is -0.343 e. The molecule has 0 radical (unpaired) electrons. The van der Waals surface area contributed by atoms with Crippen molar-refractivity contribution in [2.45, 2.75) is 44.7 Å². The van der Waals surface area contributed by atoms with Gasteiger partial charge in [-0.15, -0.1) is 0 Å². The normalized spacial score (nSPS) is 22.4. The molecule has 3 nitrogen and oxygen atoms in total. The molecule has 0 unspecified atom stereocenters. The van der Waals surface area contributed by atoms with Crippen molar-refractivity contribution in [3.63, 3.8) is 0 Å². The smallest absolute Gasteiger partial charge is 0.206 e. The first-order chi connectivity index (χ1) is 18.5. The van der Waals surface area contributed by atoms with E-state index in [1.54, 1.807) is 0 Å². The van der Waals surface area contributed by atoms with Gasteiger partial charge in [0.1, 0.15) is 12.7 Å². The lowest BCUT2D eigenvalue weighted by molar-refractivity contribution is -0.626. The molecule has 0 aliphatic carbocycles. The molecule has 2 aliphatic rings. The molecule has 5 aromatic carbocycles. The average molecular weight is 499 g/mol. The molecular weight excluding hydrogens is 466 g/mol. The molecule has 3 atom stereocenters. The zero-order valence-corrected chi connectivity index (χ0v) is 22.1. The molecule has 0 saturated carbocycles. The van der Waals surface area contributed by atoms with Gasteiger partial charge in [0.2, 0.25) is 6.04 Å². The van der Waals surface area contributed by atoms with E-state index in [1.807, 2.05) is 13.8 Å². The summed E-state index contributed by atoms with van der Waals surface area (Å²) < 4.78 is 15.4. The van der Waals surface area contributed by atoms with Crippen LogP contribution in [-0.4, -0.2) is 29.2 Å². The molecule has 2 heterocycles. The van der Waals surface area contributed by atoms with Crippen LogP contribution in [0.1, 0.15) is 49.6 Å². The van der Waals surface area contributed by atoms with Crippen LogP contribution in [0.5, 0.6) is 0 Å². The summed E-state index contributed by atoms with van der Waals surface area (Å²) in [5.41, 5.74) is 6.36. The summed E-state index contributed by atoms with van der Waals surface area (Å²) in [6.45, 7) is 6.93. The van der Waals surface area contributed by atoms with Gasteiger partial charge < -0.3 is 9.47 Å². The summed E-state index contributed by atoms with van der Waals surface area (Å²) in [6.07, 6.45) is 2.23. The zero-order valence-electron chi connectivity index (χ0n) is 22.1. The fourth-order valence-electron chi connectivity index (χ4n) is 6.37. The summed E-state index contributed by atoms with van der Waals surface area (Å²) in [6, 6.07) is 37.3. The van der Waals surface area contributed by atoms with Crippen molar-refractivity contribution in [2.75, 3.05) is 6.61 Å². The van der Waals surface area contributed by atoms with Crippen molar-refractivity contribution in [1.29, 1.82) is 0 Å². The number of ether oxygens (including phenoxy) is 2. The van der Waals surface area contributed by atoms with E-state index < -0.39 is 5.79 Å². The Kier molecular flexibility index (Phi) is 5.47. The van der Waals surface area contributed by atoms with Crippen LogP contribution in [0.3, 0.4) is 0 Å². The minimum atomic E-state index is -0.645. The number of fused-ring (bicyclic) bond motifs is 7. The van der Waals surface area contributed by atoms with Gasteiger partial charge in [-0.25, -0.2) is 4.58 Å². The predicted molar refractivity (Wildman–Crippen MR) is 155 cm³/mol. The summed E-state index contributed by atoms with van der Waals surface area (Å²) in [5.74, 6) is -0.645. The highest BCUT2D eigenvalue weighted by molar-refractivity contribution is 6.12. The molecule has 0 bridgehead atoms. The van der Waals surface area contributed by atoms with E-state index in [-0.39, 0.29) is 18.2 Å². The number of rotatable bonds is 2. The molecule has 1 fully saturated rings. The monoisotopic (exact) mass is 498 g/mol. The van der Waals surface area contributed by atoms with E-state index >= 15 is 0 Å². The van der Waals surface area contributed by atoms with Gasteiger partial charge in [0.15, 0.2) is 18.0 Å². The van der Waals surface area contributed by atoms with Crippen LogP contribution in [0.2, 0.25) is 0 Å². The summed E-state index contributed by atoms with van der Waals surface area (Å²) >= 11 is 0. The van der Waals surface area contributed by atoms with Gasteiger partial charge in [0.05, 0.1) is 0 Å². The first-order valence-corrected chi connectivity index (χ1v) is 13.5. The Morgan fingerprint density at radius 3 is 2.08 bits per heavy atom. The first kappa shape index (κ1) is 23.3. The number of hydrogen-bond acceptors (Lipinski definition) is 2. The zero-order chi connectivity index (χ0) is 25.9. The molecule has 7 rings (SSSR count). The molecule has 1 saturated heterocycles. The fourth-order valence-corrected chi connectivity index (χ4v) is 6.37. The van der Waals surface area contributed by atoms with Crippen molar-refractivity contribution in [3.05, 3.63) is 120 Å². The van der Waals surface area contributed by atoms with E-state index in [1.165, 1.54) is 49.4 Å². The van der Waals surface area contributed by atoms with Gasteiger partial charge in [0, 0.05) is 29.2 Å². The molecule has 2 aliphatic heterocycles. The SMILES string of the molecule is C[C@@H]1c2ccc3ccccc3c2-c2c(ccc3ccccc23)C=[N+]1[C@H]1COC(C)(C)O[C@H]1c1ccccc1. The average Bonchev–Trinajstić information content (AvgIpc) is 3.07. The van der Waals surface area contributed by atoms with Crippen LogP contribution in [0.25, 0.3) is 32.7 Å². The Hall–Kier alpha value is -3.79. The van der Waals surface area contributed by atoms with Gasteiger partial charge in [-0.05, 0) is 47.0 Å². The Morgan fingerprint density at radius 2 is 1.34 bits per heavy atom. The van der Waals surface area contributed by atoms with Crippen LogP contribution in [-0.2, 0) is 9.47 Å². The highest BCUT2D eigenvalue weighted by atomic mass is 16.7. The van der Waals surface area contributed by atoms with Crippen molar-refractivity contribution in [3.8, 4) is 11.1 Å². The van der Waals surface area contributed by atoms with E-state index in [2.05, 4.69) is 121 Å². The summed E-state index contributed by atoms with van der Waals surface area (Å²) in [5, 5.41) is 5.10. The highest BCUT2D eigenvalue weighted by Gasteiger charge is 2.46. The molecule has 0 amide bonds. The predicted octanol–water partition coefficient (Wildman–Crippen LogP) is 8.06. The molecular formula is C35H32NO2+. The molecule has 188 valence electrons. The van der Waals surface area contributed by atoms with Crippen LogP contribution >= 0.6 is 0 Å². The molecule has 38 heavy (non-hydrogen) atoms. The maximum Gasteiger partial charge on any atom is 0.206 e. The lowest BCUT2D eigenvalue weighted by Gasteiger charge is -2.40. The second kappa shape index (κ2) is 8.90. The maximum absolute atomic E-state index is 6.65. The largest absolute Gasteiger partial charge is 0.343 e. The quantitative estimate of drug-likeness (QED) is 0.230. The van der Waals surface area contributed by atoms with Crippen molar-refractivity contribution < 1.29 is 14.0 Å². The van der Waals surface area contributed by atoms with Crippen LogP contribution in [0, 0.1) is 0 Å². The molecule has 0 aromatic heterocycles. The third kappa shape index (κ3) is 3.77. The summed E-state index contributed by atoms with van der Waals surface area (Å²) in [4.78, 5) is 0. The number of hydrogen-bond donors (Lipinski definition) is 0. The molecule has 3 heteroatoms. The van der Waals surface area contributed by atoms with Gasteiger partial charge >= 0.3 is 0 Å². The Labute approximate surface area is 224 Å². The minimum absolute atomic E-state index is 0.0113. The molecule has 0 N–H and O–H groups in total. The third-order valence-electron chi connectivity index (χ3n) is 8.23. The van der Waals surface area contributed by atoms with Crippen molar-refractivity contribution in [2.24, 2.45) is 0 Å². The van der Waals surface area contributed by atoms with Gasteiger partial charge in [-0.2, -0.15) is 0 Å². The van der Waals surface area contributed by atoms with Crippen LogP contribution < -0.4 is 0 Å². The van der Waals surface area contributed by atoms with Crippen molar-refractivity contribution in [1.82, 2.24) is 0 Å². The van der Waals surface area contributed by atoms with E-state index in [9.17, 15) is 0 Å². The lowest BCUT2D eigenvalue weighted by atomic mass is 9.86. The third-order valence-corrected chi connectivity index (χ3v) is 8.23. The van der Waals surface area contributed by atoms with Gasteiger partial charge in [-0.3, -0.25) is 0 Å². The van der Waals surface area contributed by atoms with Gasteiger partial charge in [0.25, 0.3) is 0 Å². The Balaban J connectivity index is 1.50. The Morgan fingerprint density at radius 1 is 0.711 bits per heavy atom. The van der Waals surface area contributed by atoms with E-state index in [0.717, 1.165) is 0 Å². The number of benzene rings is 5. The molecule has 0 spiro atoms. The van der Waals surface area contributed by atoms with Crippen molar-refractivity contribution >= 4 is 27.8 Å². The topological polar surface area (TPSA) is 21.5 Å². The highest BCUT2D eigenvalue weighted by Crippen LogP contribution is 2.45. The Bertz CT molecular complexity index is 1700. The fraction of sp³-hybridized carbons (Fsp3) is 0.229. The molecule has 5 aromatic rings. The van der Waals surface area contributed by atoms with Crippen LogP contribution in [0.15, 0.2) is 103 Å². The van der Waals surface area contributed by atoms with Gasteiger partial charge in [-0.1, -0.05) is 97.1 Å². The summed E-state index contributed by atoms with van der Waals surface area (Å²) in [7, 11) is 0. The second-order valence-corrected chi connectivity index (χ2v) is 11.0. The maximum atomic E-state index is 6.65. The van der Waals surface area contributed by atoms with Crippen LogP contribution in [0.4, 0.5) is 0 Å². The number of nitrogens with zero attached hydrogens (tertiary/aromatic N) is 1.